The van der Waals surface area contributed by atoms with Crippen molar-refractivity contribution < 1.29 is 9.53 Å². The predicted octanol–water partition coefficient (Wildman–Crippen LogP) is 4.47. The Bertz CT molecular complexity index is 845. The lowest BCUT2D eigenvalue weighted by molar-refractivity contribution is -0.123. The molecule has 3 rings (SSSR count). The number of amides is 1. The lowest BCUT2D eigenvalue weighted by atomic mass is 10.2. The smallest absolute Gasteiger partial charge is 0.258 e. The summed E-state index contributed by atoms with van der Waals surface area (Å²) < 4.78 is 5.52. The molecule has 0 atom stereocenters. The number of nitrogens with zero attached hydrogens (tertiary/aromatic N) is 1. The van der Waals surface area contributed by atoms with Gasteiger partial charge in [-0.15, -0.1) is 11.3 Å². The van der Waals surface area contributed by atoms with E-state index in [4.69, 9.17) is 16.3 Å². The highest BCUT2D eigenvalue weighted by molar-refractivity contribution is 7.13. The maximum absolute atomic E-state index is 11.9. The molecule has 1 aromatic heterocycles. The second kappa shape index (κ2) is 8.14. The molecule has 3 aromatic rings. The molecule has 2 aromatic carbocycles. The minimum Gasteiger partial charge on any atom is -0.484 e. The van der Waals surface area contributed by atoms with Crippen LogP contribution in [0.3, 0.4) is 0 Å². The minimum absolute atomic E-state index is 0.0245. The number of thiazole rings is 1. The van der Waals surface area contributed by atoms with Crippen molar-refractivity contribution in [2.45, 2.75) is 13.5 Å². The first-order valence-corrected chi connectivity index (χ1v) is 9.02. The number of ether oxygens (including phenoxy) is 1. The van der Waals surface area contributed by atoms with Gasteiger partial charge >= 0.3 is 0 Å². The lowest BCUT2D eigenvalue weighted by Crippen LogP contribution is -2.28. The van der Waals surface area contributed by atoms with Gasteiger partial charge in [-0.2, -0.15) is 0 Å². The number of hydrogen-bond donors (Lipinski definition) is 1. The molecular formula is C19H17ClN2O2S. The van der Waals surface area contributed by atoms with E-state index >= 15 is 0 Å². The fourth-order valence-corrected chi connectivity index (χ4v) is 3.11. The normalized spacial score (nSPS) is 10.5. The molecular weight excluding hydrogens is 356 g/mol. The van der Waals surface area contributed by atoms with E-state index in [1.807, 2.05) is 48.7 Å². The van der Waals surface area contributed by atoms with Gasteiger partial charge < -0.3 is 10.1 Å². The molecule has 0 bridgehead atoms. The van der Waals surface area contributed by atoms with Crippen LogP contribution in [-0.2, 0) is 11.3 Å². The Hall–Kier alpha value is -2.37. The summed E-state index contributed by atoms with van der Waals surface area (Å²) in [6.07, 6.45) is 0. The second-order valence-corrected chi connectivity index (χ2v) is 6.80. The zero-order valence-corrected chi connectivity index (χ0v) is 15.2. The summed E-state index contributed by atoms with van der Waals surface area (Å²) in [5.41, 5.74) is 3.04. The molecule has 0 radical (unpaired) electrons. The molecule has 0 aliphatic heterocycles. The van der Waals surface area contributed by atoms with Crippen LogP contribution in [0, 0.1) is 6.92 Å². The van der Waals surface area contributed by atoms with Gasteiger partial charge in [-0.25, -0.2) is 4.98 Å². The number of halogens is 1. The molecule has 1 amide bonds. The van der Waals surface area contributed by atoms with Crippen LogP contribution in [0.1, 0.15) is 11.3 Å². The summed E-state index contributed by atoms with van der Waals surface area (Å²) in [6, 6.07) is 14.9. The van der Waals surface area contributed by atoms with Crippen LogP contribution >= 0.6 is 22.9 Å². The number of rotatable bonds is 6. The molecule has 0 saturated carbocycles. The predicted molar refractivity (Wildman–Crippen MR) is 101 cm³/mol. The molecule has 0 saturated heterocycles. The van der Waals surface area contributed by atoms with Crippen LogP contribution < -0.4 is 10.1 Å². The molecule has 1 N–H and O–H groups in total. The van der Waals surface area contributed by atoms with Crippen molar-refractivity contribution >= 4 is 28.8 Å². The van der Waals surface area contributed by atoms with Crippen molar-refractivity contribution in [1.82, 2.24) is 10.3 Å². The summed E-state index contributed by atoms with van der Waals surface area (Å²) >= 11 is 7.44. The Morgan fingerprint density at radius 1 is 1.16 bits per heavy atom. The van der Waals surface area contributed by atoms with E-state index in [0.29, 0.717) is 17.3 Å². The van der Waals surface area contributed by atoms with Crippen molar-refractivity contribution in [2.75, 3.05) is 6.61 Å². The Morgan fingerprint density at radius 3 is 2.52 bits per heavy atom. The minimum atomic E-state index is -0.172. The average Bonchev–Trinajstić information content (AvgIpc) is 3.06. The average molecular weight is 373 g/mol. The van der Waals surface area contributed by atoms with Crippen molar-refractivity contribution in [3.05, 3.63) is 70.2 Å². The van der Waals surface area contributed by atoms with E-state index in [1.165, 1.54) is 0 Å². The van der Waals surface area contributed by atoms with E-state index in [2.05, 4.69) is 10.3 Å². The number of carbonyl (C=O) groups is 1. The first kappa shape index (κ1) is 17.5. The van der Waals surface area contributed by atoms with Crippen molar-refractivity contribution in [3.8, 4) is 16.3 Å². The van der Waals surface area contributed by atoms with Crippen LogP contribution in [0.15, 0.2) is 53.9 Å². The van der Waals surface area contributed by atoms with E-state index in [1.54, 1.807) is 23.5 Å². The molecule has 128 valence electrons. The number of aryl methyl sites for hydroxylation is 1. The van der Waals surface area contributed by atoms with Gasteiger partial charge in [0.2, 0.25) is 0 Å². The maximum Gasteiger partial charge on any atom is 0.258 e. The molecule has 0 spiro atoms. The van der Waals surface area contributed by atoms with Gasteiger partial charge in [-0.05, 0) is 48.9 Å². The molecule has 0 aliphatic carbocycles. The van der Waals surface area contributed by atoms with Gasteiger partial charge in [0.05, 0.1) is 0 Å². The highest BCUT2D eigenvalue weighted by Gasteiger charge is 2.05. The van der Waals surface area contributed by atoms with Crippen LogP contribution in [0.5, 0.6) is 5.75 Å². The Morgan fingerprint density at radius 2 is 1.88 bits per heavy atom. The van der Waals surface area contributed by atoms with Gasteiger partial charge in [-0.1, -0.05) is 23.7 Å². The fraction of sp³-hybridized carbons (Fsp3) is 0.158. The van der Waals surface area contributed by atoms with Crippen LogP contribution in [0.2, 0.25) is 5.02 Å². The Labute approximate surface area is 155 Å². The Kier molecular flexibility index (Phi) is 5.68. The highest BCUT2D eigenvalue weighted by atomic mass is 35.5. The zero-order chi connectivity index (χ0) is 17.6. The van der Waals surface area contributed by atoms with Gasteiger partial charge in [-0.3, -0.25) is 4.79 Å². The third-order valence-electron chi connectivity index (χ3n) is 3.49. The van der Waals surface area contributed by atoms with Gasteiger partial charge in [0.1, 0.15) is 10.8 Å². The topological polar surface area (TPSA) is 51.2 Å². The first-order chi connectivity index (χ1) is 12.1. The number of benzene rings is 2. The Balaban J connectivity index is 1.47. The largest absolute Gasteiger partial charge is 0.484 e. The van der Waals surface area contributed by atoms with E-state index in [9.17, 15) is 4.79 Å². The lowest BCUT2D eigenvalue weighted by Gasteiger charge is -2.08. The third-order valence-corrected chi connectivity index (χ3v) is 4.75. The SMILES string of the molecule is Cc1csc(-c2ccc(OCC(=O)NCc3ccc(Cl)cc3)cc2)n1. The van der Waals surface area contributed by atoms with E-state index < -0.39 is 0 Å². The van der Waals surface area contributed by atoms with E-state index in [-0.39, 0.29) is 12.5 Å². The zero-order valence-electron chi connectivity index (χ0n) is 13.7. The summed E-state index contributed by atoms with van der Waals surface area (Å²) in [5.74, 6) is 0.480. The quantitative estimate of drug-likeness (QED) is 0.694. The number of carbonyl (C=O) groups excluding carboxylic acids is 1. The monoisotopic (exact) mass is 372 g/mol. The van der Waals surface area contributed by atoms with Crippen LogP contribution in [0.25, 0.3) is 10.6 Å². The van der Waals surface area contributed by atoms with Gasteiger partial charge in [0.15, 0.2) is 6.61 Å². The molecule has 0 aliphatic rings. The molecule has 1 heterocycles. The number of aromatic nitrogens is 1. The standard InChI is InChI=1S/C19H17ClN2O2S/c1-13-12-25-19(22-13)15-4-8-17(9-5-15)24-11-18(23)21-10-14-2-6-16(20)7-3-14/h2-9,12H,10-11H2,1H3,(H,21,23). The van der Waals surface area contributed by atoms with E-state index in [0.717, 1.165) is 21.8 Å². The first-order valence-electron chi connectivity index (χ1n) is 7.77. The molecule has 25 heavy (non-hydrogen) atoms. The molecule has 0 fully saturated rings. The fourth-order valence-electron chi connectivity index (χ4n) is 2.18. The second-order valence-electron chi connectivity index (χ2n) is 5.51. The van der Waals surface area contributed by atoms with Crippen LogP contribution in [0.4, 0.5) is 0 Å². The van der Waals surface area contributed by atoms with Crippen molar-refractivity contribution in [3.63, 3.8) is 0 Å². The number of nitrogens with one attached hydrogen (secondary N) is 1. The molecule has 0 unspecified atom stereocenters. The summed E-state index contributed by atoms with van der Waals surface area (Å²) in [5, 5.41) is 6.48. The summed E-state index contributed by atoms with van der Waals surface area (Å²) in [4.78, 5) is 16.3. The van der Waals surface area contributed by atoms with Crippen molar-refractivity contribution in [1.29, 1.82) is 0 Å². The summed E-state index contributed by atoms with van der Waals surface area (Å²) in [6.45, 7) is 2.39. The third kappa shape index (κ3) is 5.05. The highest BCUT2D eigenvalue weighted by Crippen LogP contribution is 2.25. The molecule has 6 heteroatoms. The summed E-state index contributed by atoms with van der Waals surface area (Å²) in [7, 11) is 0. The van der Waals surface area contributed by atoms with Crippen LogP contribution in [-0.4, -0.2) is 17.5 Å². The van der Waals surface area contributed by atoms with Crippen molar-refractivity contribution in [2.24, 2.45) is 0 Å². The maximum atomic E-state index is 11.9. The van der Waals surface area contributed by atoms with Gasteiger partial charge in [0.25, 0.3) is 5.91 Å². The number of hydrogen-bond acceptors (Lipinski definition) is 4. The van der Waals surface area contributed by atoms with Gasteiger partial charge in [0, 0.05) is 28.2 Å². The molecule has 4 nitrogen and oxygen atoms in total.